The third-order valence-corrected chi connectivity index (χ3v) is 5.15. The van der Waals surface area contributed by atoms with Gasteiger partial charge in [-0.15, -0.1) is 0 Å². The molecule has 37 heavy (non-hydrogen) atoms. The Morgan fingerprint density at radius 2 is 1.08 bits per heavy atom. The van der Waals surface area contributed by atoms with E-state index in [1.54, 1.807) is 98.8 Å². The zero-order chi connectivity index (χ0) is 26.9. The number of esters is 2. The molecule has 0 unspecified atom stereocenters. The van der Waals surface area contributed by atoms with Gasteiger partial charge in [0.15, 0.2) is 0 Å². The van der Waals surface area contributed by atoms with E-state index >= 15 is 0 Å². The van der Waals surface area contributed by atoms with E-state index in [-0.39, 0.29) is 5.56 Å². The first kappa shape index (κ1) is 27.0. The monoisotopic (exact) mass is 500 g/mol. The molecule has 0 atom stereocenters. The van der Waals surface area contributed by atoms with Crippen LogP contribution in [0.3, 0.4) is 0 Å². The molecule has 0 radical (unpaired) electrons. The fourth-order valence-electron chi connectivity index (χ4n) is 3.10. The fraction of sp³-hybridized carbons (Fsp3) is 0.0968. The Bertz CT molecular complexity index is 1370. The Kier molecular flexibility index (Phi) is 9.05. The van der Waals surface area contributed by atoms with Crippen molar-refractivity contribution in [2.24, 2.45) is 0 Å². The van der Waals surface area contributed by atoms with Gasteiger partial charge in [-0.1, -0.05) is 73.9 Å². The highest BCUT2D eigenvalue weighted by Gasteiger charge is 2.12. The molecule has 0 aliphatic carbocycles. The van der Waals surface area contributed by atoms with Crippen molar-refractivity contribution in [3.05, 3.63) is 119 Å². The van der Waals surface area contributed by atoms with Gasteiger partial charge in [0.25, 0.3) is 6.43 Å². The predicted octanol–water partition coefficient (Wildman–Crippen LogP) is 7.93. The van der Waals surface area contributed by atoms with Crippen LogP contribution in [-0.2, 0) is 9.59 Å². The summed E-state index contributed by atoms with van der Waals surface area (Å²) in [7, 11) is 0. The molecule has 0 saturated carbocycles. The lowest BCUT2D eigenvalue weighted by Crippen LogP contribution is -2.07. The summed E-state index contributed by atoms with van der Waals surface area (Å²) in [6, 6.07) is 18.4. The Morgan fingerprint density at radius 3 is 1.51 bits per heavy atom. The molecule has 0 aromatic heterocycles. The number of alkyl halides is 2. The number of hydrogen-bond donors (Lipinski definition) is 0. The van der Waals surface area contributed by atoms with E-state index in [2.05, 4.69) is 13.2 Å². The number of hydrogen-bond acceptors (Lipinski definition) is 4. The molecule has 0 bridgehead atoms. The molecule has 0 N–H and O–H groups in total. The van der Waals surface area contributed by atoms with Gasteiger partial charge in [-0.3, -0.25) is 0 Å². The van der Waals surface area contributed by atoms with Gasteiger partial charge in [-0.05, 0) is 66.4 Å². The first-order chi connectivity index (χ1) is 17.6. The molecule has 3 aromatic carbocycles. The quantitative estimate of drug-likeness (QED) is 0.130. The molecule has 6 heteroatoms. The first-order valence-corrected chi connectivity index (χ1v) is 11.4. The highest BCUT2D eigenvalue weighted by Crippen LogP contribution is 2.27. The van der Waals surface area contributed by atoms with Crippen LogP contribution in [0.25, 0.3) is 24.3 Å². The van der Waals surface area contributed by atoms with E-state index in [4.69, 9.17) is 9.47 Å². The fourth-order valence-corrected chi connectivity index (χ4v) is 3.10. The summed E-state index contributed by atoms with van der Waals surface area (Å²) >= 11 is 0. The minimum atomic E-state index is -2.65. The number of rotatable bonds is 9. The van der Waals surface area contributed by atoms with Crippen molar-refractivity contribution in [2.45, 2.75) is 20.3 Å². The van der Waals surface area contributed by atoms with Gasteiger partial charge in [0.2, 0.25) is 0 Å². The Hall–Kier alpha value is -4.58. The van der Waals surface area contributed by atoms with Crippen LogP contribution in [0.2, 0.25) is 0 Å². The maximum absolute atomic E-state index is 13.8. The summed E-state index contributed by atoms with van der Waals surface area (Å²) in [6.45, 7) is 10.2. The van der Waals surface area contributed by atoms with Gasteiger partial charge in [0.05, 0.1) is 0 Å². The molecule has 0 aliphatic rings. The number of benzene rings is 3. The van der Waals surface area contributed by atoms with Crippen molar-refractivity contribution >= 4 is 36.2 Å². The standard InChI is InChI=1S/C31H26F2O4/c1-20(2)30(34)36-26-15-9-22(10-16-26)5-6-24-8-14-25(28(19-24)29(32)33)13-7-23-11-17-27(18-12-23)37-31(35)21(3)4/h5-19,29H,1,3H2,2,4H3/b6-5+,13-7+. The molecule has 0 heterocycles. The Labute approximate surface area is 214 Å². The van der Waals surface area contributed by atoms with E-state index in [1.165, 1.54) is 6.07 Å². The molecular formula is C31H26F2O4. The lowest BCUT2D eigenvalue weighted by Gasteiger charge is -2.07. The highest BCUT2D eigenvalue weighted by molar-refractivity contribution is 5.89. The maximum atomic E-state index is 13.8. The van der Waals surface area contributed by atoms with Gasteiger partial charge < -0.3 is 9.47 Å². The van der Waals surface area contributed by atoms with Crippen molar-refractivity contribution in [3.8, 4) is 11.5 Å². The smallest absolute Gasteiger partial charge is 0.338 e. The van der Waals surface area contributed by atoms with E-state index in [0.29, 0.717) is 33.8 Å². The molecule has 0 spiro atoms. The summed E-state index contributed by atoms with van der Waals surface area (Å²) in [5.74, 6) is -0.251. The minimum absolute atomic E-state index is 0.0903. The average Bonchev–Trinajstić information content (AvgIpc) is 2.87. The second-order valence-corrected chi connectivity index (χ2v) is 8.33. The zero-order valence-corrected chi connectivity index (χ0v) is 20.5. The van der Waals surface area contributed by atoms with Crippen molar-refractivity contribution in [1.29, 1.82) is 0 Å². The molecular weight excluding hydrogens is 474 g/mol. The van der Waals surface area contributed by atoms with Crippen molar-refractivity contribution in [1.82, 2.24) is 0 Å². The third-order valence-electron chi connectivity index (χ3n) is 5.15. The number of carbonyl (C=O) groups is 2. The first-order valence-electron chi connectivity index (χ1n) is 11.4. The third kappa shape index (κ3) is 7.97. The maximum Gasteiger partial charge on any atom is 0.338 e. The van der Waals surface area contributed by atoms with Crippen LogP contribution < -0.4 is 9.47 Å². The summed E-state index contributed by atoms with van der Waals surface area (Å²) in [6.07, 6.45) is 4.20. The van der Waals surface area contributed by atoms with Crippen molar-refractivity contribution in [2.75, 3.05) is 0 Å². The van der Waals surface area contributed by atoms with Gasteiger partial charge in [0, 0.05) is 16.7 Å². The van der Waals surface area contributed by atoms with Crippen LogP contribution in [0.1, 0.15) is 48.1 Å². The zero-order valence-electron chi connectivity index (χ0n) is 20.5. The average molecular weight is 501 g/mol. The van der Waals surface area contributed by atoms with Crippen LogP contribution >= 0.6 is 0 Å². The van der Waals surface area contributed by atoms with Gasteiger partial charge in [0.1, 0.15) is 11.5 Å². The number of ether oxygens (including phenoxy) is 2. The lowest BCUT2D eigenvalue weighted by molar-refractivity contribution is -0.130. The topological polar surface area (TPSA) is 52.6 Å². The van der Waals surface area contributed by atoms with Gasteiger partial charge in [-0.2, -0.15) is 0 Å². The van der Waals surface area contributed by atoms with E-state index < -0.39 is 18.4 Å². The van der Waals surface area contributed by atoms with Gasteiger partial charge in [-0.25, -0.2) is 18.4 Å². The molecule has 0 aliphatic heterocycles. The van der Waals surface area contributed by atoms with Crippen LogP contribution in [0, 0.1) is 0 Å². The van der Waals surface area contributed by atoms with Gasteiger partial charge >= 0.3 is 11.9 Å². The summed E-state index contributed by atoms with van der Waals surface area (Å²) in [5.41, 5.74) is 3.10. The van der Waals surface area contributed by atoms with Crippen LogP contribution in [0.5, 0.6) is 11.5 Å². The van der Waals surface area contributed by atoms with Crippen molar-refractivity contribution in [3.63, 3.8) is 0 Å². The molecule has 3 aromatic rings. The predicted molar refractivity (Wildman–Crippen MR) is 143 cm³/mol. The SMILES string of the molecule is C=C(C)C(=O)Oc1ccc(/C=C/c2ccc(/C=C/c3ccc(OC(=O)C(=C)C)cc3)c(C(F)F)c2)cc1. The van der Waals surface area contributed by atoms with E-state index in [0.717, 1.165) is 11.1 Å². The van der Waals surface area contributed by atoms with E-state index in [1.807, 2.05) is 0 Å². The van der Waals surface area contributed by atoms with Crippen LogP contribution in [0.4, 0.5) is 8.78 Å². The second-order valence-electron chi connectivity index (χ2n) is 8.33. The van der Waals surface area contributed by atoms with Crippen LogP contribution in [-0.4, -0.2) is 11.9 Å². The molecule has 4 nitrogen and oxygen atoms in total. The van der Waals surface area contributed by atoms with E-state index in [9.17, 15) is 18.4 Å². The number of halogens is 2. The summed E-state index contributed by atoms with van der Waals surface area (Å²) in [4.78, 5) is 23.2. The molecule has 0 saturated heterocycles. The minimum Gasteiger partial charge on any atom is -0.423 e. The largest absolute Gasteiger partial charge is 0.423 e. The molecule has 188 valence electrons. The van der Waals surface area contributed by atoms with Crippen LogP contribution in [0.15, 0.2) is 91.0 Å². The second kappa shape index (κ2) is 12.4. The summed E-state index contributed by atoms with van der Waals surface area (Å²) in [5, 5.41) is 0. The normalized spacial score (nSPS) is 11.2. The Balaban J connectivity index is 1.71. The molecule has 0 amide bonds. The number of carbonyl (C=O) groups excluding carboxylic acids is 2. The summed E-state index contributed by atoms with van der Waals surface area (Å²) < 4.78 is 37.9. The molecule has 0 fully saturated rings. The molecule has 3 rings (SSSR count). The lowest BCUT2D eigenvalue weighted by atomic mass is 10.0. The Morgan fingerprint density at radius 1 is 0.676 bits per heavy atom. The van der Waals surface area contributed by atoms with Crippen molar-refractivity contribution < 1.29 is 27.8 Å². The highest BCUT2D eigenvalue weighted by atomic mass is 19.3.